The molecule has 2 unspecified atom stereocenters. The van der Waals surface area contributed by atoms with Crippen LogP contribution in [0.3, 0.4) is 0 Å². The van der Waals surface area contributed by atoms with E-state index in [4.69, 9.17) is 21.5 Å². The van der Waals surface area contributed by atoms with Crippen molar-refractivity contribution in [1.29, 1.82) is 0 Å². The molecule has 4 nitrogen and oxygen atoms in total. The second-order valence-corrected chi connectivity index (χ2v) is 17.1. The number of aromatic nitrogens is 3. The normalized spacial score (nSPS) is 21.8. The van der Waals surface area contributed by atoms with Gasteiger partial charge in [-0.15, -0.1) is 0 Å². The van der Waals surface area contributed by atoms with E-state index in [2.05, 4.69) is 126 Å². The van der Waals surface area contributed by atoms with Crippen molar-refractivity contribution in [1.82, 2.24) is 15.0 Å². The van der Waals surface area contributed by atoms with E-state index in [0.29, 0.717) is 23.2 Å². The predicted molar refractivity (Wildman–Crippen MR) is 235 cm³/mol. The van der Waals surface area contributed by atoms with Gasteiger partial charge in [0.05, 0.1) is 6.57 Å². The van der Waals surface area contributed by atoms with E-state index in [9.17, 15) is 0 Å². The maximum Gasteiger partial charge on any atom is 0.194 e. The van der Waals surface area contributed by atoms with Crippen LogP contribution >= 0.6 is 0 Å². The Kier molecular flexibility index (Phi) is 8.19. The van der Waals surface area contributed by atoms with Gasteiger partial charge in [0.2, 0.25) is 0 Å². The van der Waals surface area contributed by atoms with Crippen LogP contribution in [0, 0.1) is 18.4 Å². The van der Waals surface area contributed by atoms with Crippen LogP contribution in [0.4, 0.5) is 5.69 Å². The lowest BCUT2D eigenvalue weighted by atomic mass is 9.41. The minimum atomic E-state index is 0.217. The van der Waals surface area contributed by atoms with Gasteiger partial charge < -0.3 is 0 Å². The van der Waals surface area contributed by atoms with E-state index in [1.54, 1.807) is 0 Å². The molecule has 0 radical (unpaired) electrons. The van der Waals surface area contributed by atoms with E-state index in [1.807, 2.05) is 48.5 Å². The molecule has 4 bridgehead atoms. The van der Waals surface area contributed by atoms with Crippen molar-refractivity contribution in [2.24, 2.45) is 11.8 Å². The summed E-state index contributed by atoms with van der Waals surface area (Å²) in [6, 6.07) is 60.6. The molecule has 0 N–H and O–H groups in total. The molecule has 1 heterocycles. The third-order valence-electron chi connectivity index (χ3n) is 13.5. The van der Waals surface area contributed by atoms with Gasteiger partial charge in [-0.3, -0.25) is 0 Å². The molecule has 8 aromatic rings. The topological polar surface area (TPSA) is 43.0 Å². The summed E-state index contributed by atoms with van der Waals surface area (Å²) in [5.74, 6) is 3.56. The van der Waals surface area contributed by atoms with E-state index >= 15 is 0 Å². The SMILES string of the molecule is [C-]#[N+]c1cccc2cc(-c3ccc(C45CC6CC(CC(c7ccc(-c8cccc(-c9nc(-c%10ccccc%10)nc(-c%10ccccc%10)n9)c8)cc7)(C6)C4)C5)cc3)ccc12. The molecule has 4 aliphatic rings. The Balaban J connectivity index is 0.881. The van der Waals surface area contributed by atoms with Gasteiger partial charge in [0.15, 0.2) is 23.2 Å². The van der Waals surface area contributed by atoms with E-state index in [1.165, 1.54) is 66.3 Å². The van der Waals surface area contributed by atoms with Crippen LogP contribution in [0.1, 0.15) is 49.7 Å². The van der Waals surface area contributed by atoms with Gasteiger partial charge >= 0.3 is 0 Å². The van der Waals surface area contributed by atoms with Gasteiger partial charge in [-0.05, 0) is 117 Å². The summed E-state index contributed by atoms with van der Waals surface area (Å²) in [6.45, 7) is 7.56. The van der Waals surface area contributed by atoms with Crippen LogP contribution in [0.5, 0.6) is 0 Å². The summed E-state index contributed by atoms with van der Waals surface area (Å²) in [5, 5.41) is 2.14. The molecule has 12 rings (SSSR count). The Morgan fingerprint density at radius 2 is 0.897 bits per heavy atom. The van der Waals surface area contributed by atoms with Crippen molar-refractivity contribution in [3.05, 3.63) is 192 Å². The third-order valence-corrected chi connectivity index (χ3v) is 13.5. The number of fused-ring (bicyclic) bond motifs is 1. The Morgan fingerprint density at radius 1 is 0.431 bits per heavy atom. The van der Waals surface area contributed by atoms with Crippen LogP contribution in [0.2, 0.25) is 0 Å². The second kappa shape index (κ2) is 13.7. The van der Waals surface area contributed by atoms with Crippen molar-refractivity contribution >= 4 is 16.5 Å². The Bertz CT molecular complexity index is 2780. The smallest absolute Gasteiger partial charge is 0.194 e. The molecule has 4 heteroatoms. The van der Waals surface area contributed by atoms with Crippen molar-refractivity contribution < 1.29 is 0 Å². The van der Waals surface area contributed by atoms with Crippen LogP contribution in [0.25, 0.3) is 72.0 Å². The summed E-state index contributed by atoms with van der Waals surface area (Å²) >= 11 is 0. The number of hydrogen-bond donors (Lipinski definition) is 0. The maximum absolute atomic E-state index is 7.56. The Morgan fingerprint density at radius 3 is 1.45 bits per heavy atom. The molecule has 4 aliphatic carbocycles. The van der Waals surface area contributed by atoms with Crippen molar-refractivity contribution in [3.8, 4) is 56.4 Å². The lowest BCUT2D eigenvalue weighted by Crippen LogP contribution is -2.55. The minimum Gasteiger partial charge on any atom is -0.238 e. The summed E-state index contributed by atoms with van der Waals surface area (Å²) in [6.07, 6.45) is 7.82. The Labute approximate surface area is 340 Å². The molecule has 58 heavy (non-hydrogen) atoms. The van der Waals surface area contributed by atoms with Crippen LogP contribution in [-0.4, -0.2) is 15.0 Å². The van der Waals surface area contributed by atoms with Crippen LogP contribution in [-0.2, 0) is 10.8 Å². The fourth-order valence-corrected chi connectivity index (χ4v) is 11.3. The molecule has 1 aromatic heterocycles. The van der Waals surface area contributed by atoms with Crippen molar-refractivity contribution in [2.75, 3.05) is 0 Å². The minimum absolute atomic E-state index is 0.217. The molecular weight excluding hydrogens is 705 g/mol. The molecular formula is C54H42N4. The molecule has 7 aromatic carbocycles. The average Bonchev–Trinajstić information content (AvgIpc) is 3.29. The van der Waals surface area contributed by atoms with Gasteiger partial charge in [-0.2, -0.15) is 0 Å². The van der Waals surface area contributed by atoms with Crippen molar-refractivity contribution in [3.63, 3.8) is 0 Å². The lowest BCUT2D eigenvalue weighted by molar-refractivity contribution is -0.0281. The maximum atomic E-state index is 7.56. The first-order valence-corrected chi connectivity index (χ1v) is 20.6. The van der Waals surface area contributed by atoms with E-state index in [-0.39, 0.29) is 10.8 Å². The first-order valence-electron chi connectivity index (χ1n) is 20.6. The van der Waals surface area contributed by atoms with Gasteiger partial charge in [-0.1, -0.05) is 158 Å². The molecule has 0 amide bonds. The largest absolute Gasteiger partial charge is 0.238 e. The quantitative estimate of drug-likeness (QED) is 0.153. The van der Waals surface area contributed by atoms with Crippen LogP contribution in [0.15, 0.2) is 170 Å². The first-order chi connectivity index (χ1) is 28.5. The highest BCUT2D eigenvalue weighted by Crippen LogP contribution is 2.66. The number of hydrogen-bond acceptors (Lipinski definition) is 3. The van der Waals surface area contributed by atoms with Crippen LogP contribution < -0.4 is 0 Å². The van der Waals surface area contributed by atoms with Gasteiger partial charge in [0, 0.05) is 16.7 Å². The lowest BCUT2D eigenvalue weighted by Gasteiger charge is -2.63. The summed E-state index contributed by atoms with van der Waals surface area (Å²) in [4.78, 5) is 18.6. The Hall–Kier alpha value is -6.70. The highest BCUT2D eigenvalue weighted by molar-refractivity contribution is 5.96. The fraction of sp³-hybridized carbons (Fsp3) is 0.185. The summed E-state index contributed by atoms with van der Waals surface area (Å²) in [7, 11) is 0. The van der Waals surface area contributed by atoms with Gasteiger partial charge in [-0.25, -0.2) is 19.8 Å². The molecule has 2 atom stereocenters. The third kappa shape index (κ3) is 6.01. The number of rotatable bonds is 7. The predicted octanol–water partition coefficient (Wildman–Crippen LogP) is 13.7. The highest BCUT2D eigenvalue weighted by Gasteiger charge is 2.58. The number of nitrogens with zero attached hydrogens (tertiary/aromatic N) is 4. The van der Waals surface area contributed by atoms with Gasteiger partial charge in [0.1, 0.15) is 0 Å². The monoisotopic (exact) mass is 746 g/mol. The van der Waals surface area contributed by atoms with E-state index < -0.39 is 0 Å². The molecule has 278 valence electrons. The second-order valence-electron chi connectivity index (χ2n) is 17.1. The fourth-order valence-electron chi connectivity index (χ4n) is 11.3. The first kappa shape index (κ1) is 34.5. The number of benzene rings is 7. The van der Waals surface area contributed by atoms with Crippen molar-refractivity contribution in [2.45, 2.75) is 49.4 Å². The molecule has 0 aliphatic heterocycles. The summed E-state index contributed by atoms with van der Waals surface area (Å²) < 4.78 is 0. The zero-order valence-electron chi connectivity index (χ0n) is 32.4. The zero-order valence-corrected chi connectivity index (χ0v) is 32.4. The molecule has 0 saturated heterocycles. The standard InChI is InChI=1S/C54H42N4/c1-55-49-17-9-15-44-29-43(22-27-48(44)49)39-20-25-47(26-21-39)54-33-36-28-37(34-54)32-53(31-36,35-54)46-23-18-38(19-24-46)42-14-8-16-45(30-42)52-57-50(40-10-4-2-5-11-40)56-51(58-52)41-12-6-3-7-13-41/h2-27,29-30,36-37H,28,31-35H2. The van der Waals surface area contributed by atoms with Gasteiger partial charge in [0.25, 0.3) is 0 Å². The molecule has 4 saturated carbocycles. The zero-order chi connectivity index (χ0) is 38.7. The summed E-state index contributed by atoms with van der Waals surface area (Å²) in [5.41, 5.74) is 11.9. The van der Waals surface area contributed by atoms with E-state index in [0.717, 1.165) is 44.9 Å². The molecule has 0 spiro atoms. The molecule has 4 fully saturated rings. The highest BCUT2D eigenvalue weighted by atomic mass is 15.0. The average molecular weight is 747 g/mol.